The van der Waals surface area contributed by atoms with Crippen molar-refractivity contribution in [2.75, 3.05) is 6.61 Å². The van der Waals surface area contributed by atoms with Crippen LogP contribution >= 0.6 is 0 Å². The second-order valence-electron chi connectivity index (χ2n) is 10.4. The molecule has 3 heterocycles. The molecule has 19 heteroatoms. The Morgan fingerprint density at radius 1 is 0.938 bits per heavy atom. The number of ether oxygens (including phenoxy) is 6. The number of rotatable bonds is 11. The number of aryl methyl sites for hydroxylation is 1. The molecule has 1 aliphatic heterocycles. The van der Waals surface area contributed by atoms with Crippen LogP contribution in [0.25, 0.3) is 16.6 Å². The van der Waals surface area contributed by atoms with E-state index in [1.54, 1.807) is 6.92 Å². The van der Waals surface area contributed by atoms with Crippen molar-refractivity contribution in [1.29, 1.82) is 0 Å². The van der Waals surface area contributed by atoms with Crippen LogP contribution in [0.15, 0.2) is 23.3 Å². The summed E-state index contributed by atoms with van der Waals surface area (Å²) in [6.07, 6.45) is -5.26. The van der Waals surface area contributed by atoms with Crippen LogP contribution in [0, 0.1) is 11.6 Å². The Morgan fingerprint density at radius 2 is 1.56 bits per heavy atom. The van der Waals surface area contributed by atoms with Crippen molar-refractivity contribution in [2.45, 2.75) is 78.5 Å². The van der Waals surface area contributed by atoms with Crippen LogP contribution < -0.4 is 5.43 Å². The van der Waals surface area contributed by atoms with Gasteiger partial charge in [0.25, 0.3) is 0 Å². The van der Waals surface area contributed by atoms with Crippen molar-refractivity contribution in [3.05, 3.63) is 51.6 Å². The highest BCUT2D eigenvalue weighted by Crippen LogP contribution is 2.31. The number of aromatic carboxylic acids is 1. The molecule has 0 radical (unpaired) electrons. The number of hydrogen-bond donors (Lipinski definition) is 1. The summed E-state index contributed by atoms with van der Waals surface area (Å²) in [7, 11) is 0. The van der Waals surface area contributed by atoms with E-state index in [4.69, 9.17) is 28.4 Å². The lowest BCUT2D eigenvalue weighted by molar-refractivity contribution is -0.310. The SMILES string of the molecule is CCn1cc(C(=O)O)c(=O)c2cc(F)c(-n3cc(CO[C@H]4O[C@H](COC(C)=O)[C@@H](OC(C)=O)[C@H](OC(C)=O)[C@H]4OC(C)=O)nn3)c(F)c21. The molecule has 1 fully saturated rings. The van der Waals surface area contributed by atoms with Crippen molar-refractivity contribution < 1.29 is 66.3 Å². The van der Waals surface area contributed by atoms with E-state index in [2.05, 4.69) is 10.3 Å². The largest absolute Gasteiger partial charge is 0.477 e. The van der Waals surface area contributed by atoms with Gasteiger partial charge in [-0.05, 0) is 13.0 Å². The molecule has 258 valence electrons. The molecular weight excluding hydrogens is 650 g/mol. The number of hydrogen-bond acceptors (Lipinski definition) is 14. The zero-order valence-corrected chi connectivity index (χ0v) is 26.1. The van der Waals surface area contributed by atoms with Crippen LogP contribution in [0.1, 0.15) is 50.7 Å². The molecule has 1 aliphatic rings. The predicted octanol–water partition coefficient (Wildman–Crippen LogP) is 1.18. The molecule has 4 rings (SSSR count). The maximum atomic E-state index is 15.8. The first-order valence-corrected chi connectivity index (χ1v) is 14.2. The molecule has 0 spiro atoms. The fourth-order valence-electron chi connectivity index (χ4n) is 5.05. The van der Waals surface area contributed by atoms with Crippen LogP contribution in [-0.2, 0) is 60.8 Å². The topological polar surface area (TPSA) is 214 Å². The van der Waals surface area contributed by atoms with Gasteiger partial charge in [0, 0.05) is 40.4 Å². The Labute approximate surface area is 269 Å². The zero-order chi connectivity index (χ0) is 35.4. The first kappa shape index (κ1) is 35.6. The van der Waals surface area contributed by atoms with Crippen LogP contribution in [0.3, 0.4) is 0 Å². The summed E-state index contributed by atoms with van der Waals surface area (Å²) in [5, 5.41) is 16.5. The van der Waals surface area contributed by atoms with Crippen LogP contribution in [0.5, 0.6) is 0 Å². The van der Waals surface area contributed by atoms with Gasteiger partial charge in [-0.2, -0.15) is 0 Å². The molecule has 1 aromatic carbocycles. The van der Waals surface area contributed by atoms with Crippen molar-refractivity contribution in [3.63, 3.8) is 0 Å². The second-order valence-corrected chi connectivity index (χ2v) is 10.4. The third-order valence-electron chi connectivity index (χ3n) is 6.91. The first-order valence-electron chi connectivity index (χ1n) is 14.2. The first-order chi connectivity index (χ1) is 22.6. The highest BCUT2D eigenvalue weighted by molar-refractivity contribution is 5.93. The number of aromatic nitrogens is 4. The minimum Gasteiger partial charge on any atom is -0.477 e. The molecule has 0 aliphatic carbocycles. The summed E-state index contributed by atoms with van der Waals surface area (Å²) in [5.74, 6) is -7.28. The van der Waals surface area contributed by atoms with Gasteiger partial charge in [-0.1, -0.05) is 5.21 Å². The van der Waals surface area contributed by atoms with E-state index in [1.165, 1.54) is 0 Å². The number of halogens is 2. The number of esters is 4. The molecule has 5 atom stereocenters. The lowest BCUT2D eigenvalue weighted by Crippen LogP contribution is -2.62. The van der Waals surface area contributed by atoms with E-state index in [0.29, 0.717) is 6.07 Å². The van der Waals surface area contributed by atoms with Gasteiger partial charge in [0.1, 0.15) is 29.7 Å². The Bertz CT molecular complexity index is 1820. The molecule has 2 aromatic heterocycles. The number of carbonyl (C=O) groups is 5. The fourth-order valence-corrected chi connectivity index (χ4v) is 5.05. The number of carboxylic acids is 1. The van der Waals surface area contributed by atoms with Gasteiger partial charge in [0.05, 0.1) is 23.7 Å². The van der Waals surface area contributed by atoms with Crippen molar-refractivity contribution in [2.24, 2.45) is 0 Å². The highest BCUT2D eigenvalue weighted by Gasteiger charge is 2.52. The summed E-state index contributed by atoms with van der Waals surface area (Å²) in [5.41, 5.74) is -2.90. The van der Waals surface area contributed by atoms with Crippen molar-refractivity contribution in [1.82, 2.24) is 19.6 Å². The molecule has 1 N–H and O–H groups in total. The lowest BCUT2D eigenvalue weighted by Gasteiger charge is -2.43. The Hall–Kier alpha value is -5.30. The van der Waals surface area contributed by atoms with E-state index in [9.17, 15) is 33.9 Å². The van der Waals surface area contributed by atoms with Gasteiger partial charge >= 0.3 is 29.8 Å². The molecule has 0 unspecified atom stereocenters. The van der Waals surface area contributed by atoms with E-state index in [-0.39, 0.29) is 17.8 Å². The van der Waals surface area contributed by atoms with E-state index < -0.39 is 107 Å². The zero-order valence-electron chi connectivity index (χ0n) is 26.1. The standard InChI is InChI=1S/C29H30F2N4O13/c1-6-34-9-18(28(41)42)24(40)17-7-19(30)23(21(31)22(17)34)35-8-16(32-33-35)10-44-29-27(47-15(5)39)26(46-14(4)38)25(45-13(3)37)20(48-29)11-43-12(2)36/h7-9,20,25-27,29H,6,10-11H2,1-5H3,(H,41,42)/t20-,25-,26+,27-,29+/m1/s1. The summed E-state index contributed by atoms with van der Waals surface area (Å²) < 4.78 is 65.6. The molecule has 0 saturated carbocycles. The molecule has 48 heavy (non-hydrogen) atoms. The molecule has 1 saturated heterocycles. The van der Waals surface area contributed by atoms with E-state index in [1.807, 2.05) is 0 Å². The van der Waals surface area contributed by atoms with Crippen LogP contribution in [-0.4, -0.2) is 91.8 Å². The van der Waals surface area contributed by atoms with Gasteiger partial charge < -0.3 is 38.1 Å². The number of carboxylic acid groups (broad SMARTS) is 1. The average Bonchev–Trinajstić information content (AvgIpc) is 3.45. The van der Waals surface area contributed by atoms with Crippen molar-refractivity contribution in [3.8, 4) is 5.69 Å². The third-order valence-corrected chi connectivity index (χ3v) is 6.91. The van der Waals surface area contributed by atoms with Crippen LogP contribution in [0.2, 0.25) is 0 Å². The van der Waals surface area contributed by atoms with E-state index in [0.717, 1.165) is 49.3 Å². The fraction of sp³-hybridized carbons (Fsp3) is 0.448. The Morgan fingerprint density at radius 3 is 2.15 bits per heavy atom. The summed E-state index contributed by atoms with van der Waals surface area (Å²) in [4.78, 5) is 71.7. The highest BCUT2D eigenvalue weighted by atomic mass is 19.1. The van der Waals surface area contributed by atoms with Crippen LogP contribution in [0.4, 0.5) is 8.78 Å². The molecular formula is C29H30F2N4O13. The Balaban J connectivity index is 1.68. The quantitative estimate of drug-likeness (QED) is 0.222. The number of carbonyl (C=O) groups excluding carboxylic acids is 4. The summed E-state index contributed by atoms with van der Waals surface area (Å²) in [6, 6.07) is 0.698. The summed E-state index contributed by atoms with van der Waals surface area (Å²) >= 11 is 0. The number of benzene rings is 1. The molecule has 3 aromatic rings. The minimum absolute atomic E-state index is 0.0332. The maximum Gasteiger partial charge on any atom is 0.341 e. The molecule has 17 nitrogen and oxygen atoms in total. The lowest BCUT2D eigenvalue weighted by atomic mass is 9.98. The monoisotopic (exact) mass is 680 g/mol. The number of fused-ring (bicyclic) bond motifs is 1. The third kappa shape index (κ3) is 7.63. The second kappa shape index (κ2) is 14.6. The van der Waals surface area contributed by atoms with Gasteiger partial charge in [-0.25, -0.2) is 18.3 Å². The predicted molar refractivity (Wildman–Crippen MR) is 152 cm³/mol. The molecule has 0 amide bonds. The smallest absolute Gasteiger partial charge is 0.341 e. The normalized spacial score (nSPS) is 20.6. The number of pyridine rings is 1. The maximum absolute atomic E-state index is 15.8. The molecule has 0 bridgehead atoms. The van der Waals surface area contributed by atoms with E-state index >= 15 is 8.78 Å². The van der Waals surface area contributed by atoms with Gasteiger partial charge in [0.15, 0.2) is 36.2 Å². The van der Waals surface area contributed by atoms with Gasteiger partial charge in [0.2, 0.25) is 5.43 Å². The summed E-state index contributed by atoms with van der Waals surface area (Å²) in [6.45, 7) is 4.88. The minimum atomic E-state index is -1.56. The number of nitrogens with zero attached hydrogens (tertiary/aromatic N) is 4. The van der Waals surface area contributed by atoms with Crippen molar-refractivity contribution >= 4 is 40.7 Å². The Kier molecular flexibility index (Phi) is 10.8. The van der Waals surface area contributed by atoms with Gasteiger partial charge in [-0.15, -0.1) is 5.10 Å². The van der Waals surface area contributed by atoms with Gasteiger partial charge in [-0.3, -0.25) is 24.0 Å². The average molecular weight is 681 g/mol.